The van der Waals surface area contributed by atoms with Crippen molar-refractivity contribution in [3.8, 4) is 5.75 Å². The fourth-order valence-corrected chi connectivity index (χ4v) is 4.57. The van der Waals surface area contributed by atoms with Crippen LogP contribution in [0.1, 0.15) is 40.9 Å². The Labute approximate surface area is 184 Å². The fourth-order valence-electron chi connectivity index (χ4n) is 3.89. The zero-order valence-corrected chi connectivity index (χ0v) is 17.8. The van der Waals surface area contributed by atoms with Gasteiger partial charge in [0.15, 0.2) is 0 Å². The highest BCUT2D eigenvalue weighted by Crippen LogP contribution is 2.49. The van der Waals surface area contributed by atoms with Crippen LogP contribution in [0, 0.1) is 6.92 Å². The normalized spacial score (nSPS) is 20.0. The van der Waals surface area contributed by atoms with Gasteiger partial charge >= 0.3 is 0 Å². The van der Waals surface area contributed by atoms with Gasteiger partial charge in [0.2, 0.25) is 6.23 Å². The number of nitrogens with zero attached hydrogens (tertiary/aromatic N) is 2. The van der Waals surface area contributed by atoms with Crippen LogP contribution in [-0.2, 0) is 0 Å². The van der Waals surface area contributed by atoms with Gasteiger partial charge < -0.3 is 4.74 Å². The van der Waals surface area contributed by atoms with Crippen molar-refractivity contribution in [2.24, 2.45) is 5.10 Å². The molecule has 0 bridgehead atoms. The third-order valence-electron chi connectivity index (χ3n) is 5.37. The van der Waals surface area contributed by atoms with Crippen molar-refractivity contribution in [2.45, 2.75) is 25.6 Å². The predicted octanol–water partition coefficient (Wildman–Crippen LogP) is 7.20. The van der Waals surface area contributed by atoms with Crippen LogP contribution in [-0.4, -0.2) is 10.7 Å². The largest absolute Gasteiger partial charge is 0.464 e. The second-order valence-corrected chi connectivity index (χ2v) is 8.61. The Bertz CT molecular complexity index is 1130. The molecular formula is C23H17Cl3N2O. The minimum atomic E-state index is -0.443. The van der Waals surface area contributed by atoms with Gasteiger partial charge in [-0.25, -0.2) is 5.01 Å². The van der Waals surface area contributed by atoms with Gasteiger partial charge in [0.1, 0.15) is 5.75 Å². The van der Waals surface area contributed by atoms with Crippen LogP contribution in [0.2, 0.25) is 15.1 Å². The maximum atomic E-state index is 6.52. The van der Waals surface area contributed by atoms with Gasteiger partial charge in [-0.1, -0.05) is 70.7 Å². The predicted molar refractivity (Wildman–Crippen MR) is 118 cm³/mol. The molecule has 0 aromatic heterocycles. The Balaban J connectivity index is 1.62. The molecule has 0 unspecified atom stereocenters. The molecule has 5 rings (SSSR count). The summed E-state index contributed by atoms with van der Waals surface area (Å²) in [6.45, 7) is 2.08. The number of hydrogen-bond donors (Lipinski definition) is 0. The van der Waals surface area contributed by atoms with Crippen LogP contribution in [0.4, 0.5) is 0 Å². The van der Waals surface area contributed by atoms with Crippen LogP contribution >= 0.6 is 34.8 Å². The molecule has 0 spiro atoms. The number of rotatable bonds is 2. The monoisotopic (exact) mass is 442 g/mol. The molecule has 6 heteroatoms. The summed E-state index contributed by atoms with van der Waals surface area (Å²) in [5.41, 5.74) is 5.20. The van der Waals surface area contributed by atoms with E-state index in [9.17, 15) is 0 Å². The standard InChI is InChI=1S/C23H17Cl3N2O/c1-13-2-4-14(5-3-13)20-12-21-18-10-15(24)7-9-22(18)29-23(28(21)27-20)17-8-6-16(25)11-19(17)26/h2-11,21,23H,12H2,1H3/t21-,23-/m0/s1. The van der Waals surface area contributed by atoms with Crippen molar-refractivity contribution in [2.75, 3.05) is 0 Å². The molecule has 0 saturated heterocycles. The van der Waals surface area contributed by atoms with Gasteiger partial charge in [-0.05, 0) is 42.8 Å². The number of benzene rings is 3. The van der Waals surface area contributed by atoms with E-state index in [1.807, 2.05) is 35.3 Å². The van der Waals surface area contributed by atoms with Crippen molar-refractivity contribution in [1.82, 2.24) is 5.01 Å². The molecule has 0 fully saturated rings. The van der Waals surface area contributed by atoms with E-state index in [0.717, 1.165) is 34.6 Å². The van der Waals surface area contributed by atoms with Crippen molar-refractivity contribution in [3.05, 3.63) is 98.0 Å². The third-order valence-corrected chi connectivity index (χ3v) is 6.16. The van der Waals surface area contributed by atoms with Gasteiger partial charge in [-0.2, -0.15) is 5.10 Å². The minimum Gasteiger partial charge on any atom is -0.464 e. The zero-order valence-electron chi connectivity index (χ0n) is 15.6. The Hall–Kier alpha value is -2.20. The molecule has 0 radical (unpaired) electrons. The van der Waals surface area contributed by atoms with Crippen molar-refractivity contribution < 1.29 is 4.74 Å². The number of halogens is 3. The number of aryl methyl sites for hydroxylation is 1. The van der Waals surface area contributed by atoms with E-state index >= 15 is 0 Å². The number of ether oxygens (including phenoxy) is 1. The van der Waals surface area contributed by atoms with Crippen molar-refractivity contribution in [1.29, 1.82) is 0 Å². The quantitative estimate of drug-likeness (QED) is 0.418. The Morgan fingerprint density at radius 3 is 2.38 bits per heavy atom. The maximum absolute atomic E-state index is 6.52. The molecule has 3 nitrogen and oxygen atoms in total. The number of hydrazone groups is 1. The van der Waals surface area contributed by atoms with Crippen molar-refractivity contribution >= 4 is 40.5 Å². The van der Waals surface area contributed by atoms with Crippen LogP contribution in [0.15, 0.2) is 65.8 Å². The average molecular weight is 444 g/mol. The first-order valence-electron chi connectivity index (χ1n) is 9.33. The smallest absolute Gasteiger partial charge is 0.215 e. The van der Waals surface area contributed by atoms with E-state index in [0.29, 0.717) is 15.1 Å². The lowest BCUT2D eigenvalue weighted by Crippen LogP contribution is -2.33. The first-order chi connectivity index (χ1) is 14.0. The summed E-state index contributed by atoms with van der Waals surface area (Å²) in [5.74, 6) is 0.798. The third kappa shape index (κ3) is 3.38. The van der Waals surface area contributed by atoms with E-state index in [4.69, 9.17) is 44.6 Å². The van der Waals surface area contributed by atoms with Gasteiger partial charge in [0, 0.05) is 27.6 Å². The second-order valence-electron chi connectivity index (χ2n) is 7.33. The lowest BCUT2D eigenvalue weighted by Gasteiger charge is -2.38. The summed E-state index contributed by atoms with van der Waals surface area (Å²) in [7, 11) is 0. The molecule has 3 aromatic rings. The van der Waals surface area contributed by atoms with Crippen LogP contribution < -0.4 is 4.74 Å². The molecule has 146 valence electrons. The summed E-state index contributed by atoms with van der Waals surface area (Å²) in [6, 6.07) is 19.6. The second kappa shape index (κ2) is 7.24. The molecule has 0 saturated carbocycles. The summed E-state index contributed by atoms with van der Waals surface area (Å²) < 4.78 is 6.34. The molecule has 2 aliphatic rings. The van der Waals surface area contributed by atoms with Gasteiger partial charge in [0.05, 0.1) is 16.8 Å². The molecule has 29 heavy (non-hydrogen) atoms. The minimum absolute atomic E-state index is 0.0190. The molecule has 0 N–H and O–H groups in total. The van der Waals surface area contributed by atoms with E-state index in [1.54, 1.807) is 6.07 Å². The highest BCUT2D eigenvalue weighted by Gasteiger charge is 2.41. The van der Waals surface area contributed by atoms with Crippen LogP contribution in [0.25, 0.3) is 0 Å². The molecule has 0 aliphatic carbocycles. The summed E-state index contributed by atoms with van der Waals surface area (Å²) in [4.78, 5) is 0. The molecule has 0 amide bonds. The van der Waals surface area contributed by atoms with Gasteiger partial charge in [-0.3, -0.25) is 0 Å². The Kier molecular flexibility index (Phi) is 4.70. The molecule has 2 aliphatic heterocycles. The van der Waals surface area contributed by atoms with Crippen molar-refractivity contribution in [3.63, 3.8) is 0 Å². The van der Waals surface area contributed by atoms with Gasteiger partial charge in [0.25, 0.3) is 0 Å². The lowest BCUT2D eigenvalue weighted by molar-refractivity contribution is -0.0189. The molecule has 3 aromatic carbocycles. The highest BCUT2D eigenvalue weighted by molar-refractivity contribution is 6.35. The average Bonchev–Trinajstić information content (AvgIpc) is 3.14. The molecule has 2 atom stereocenters. The number of fused-ring (bicyclic) bond motifs is 3. The first kappa shape index (κ1) is 18.8. The van der Waals surface area contributed by atoms with E-state index in [1.165, 1.54) is 5.56 Å². The number of hydrogen-bond acceptors (Lipinski definition) is 3. The maximum Gasteiger partial charge on any atom is 0.215 e. The zero-order chi connectivity index (χ0) is 20.1. The van der Waals surface area contributed by atoms with E-state index in [-0.39, 0.29) is 6.04 Å². The summed E-state index contributed by atoms with van der Waals surface area (Å²) in [5, 5.41) is 8.76. The SMILES string of the molecule is Cc1ccc(C2=NN3[C@@H](C2)c2cc(Cl)ccc2O[C@H]3c2ccc(Cl)cc2Cl)cc1. The van der Waals surface area contributed by atoms with Crippen LogP contribution in [0.3, 0.4) is 0 Å². The Morgan fingerprint density at radius 1 is 0.897 bits per heavy atom. The highest BCUT2D eigenvalue weighted by atomic mass is 35.5. The molecule has 2 heterocycles. The molecular weight excluding hydrogens is 427 g/mol. The van der Waals surface area contributed by atoms with E-state index < -0.39 is 6.23 Å². The Morgan fingerprint density at radius 2 is 1.62 bits per heavy atom. The van der Waals surface area contributed by atoms with E-state index in [2.05, 4.69) is 31.2 Å². The fraction of sp³-hybridized carbons (Fsp3) is 0.174. The summed E-state index contributed by atoms with van der Waals surface area (Å²) >= 11 is 18.9. The summed E-state index contributed by atoms with van der Waals surface area (Å²) in [6.07, 6.45) is 0.322. The topological polar surface area (TPSA) is 24.8 Å². The first-order valence-corrected chi connectivity index (χ1v) is 10.5. The van der Waals surface area contributed by atoms with Gasteiger partial charge in [-0.15, -0.1) is 0 Å². The lowest BCUT2D eigenvalue weighted by atomic mass is 9.95. The van der Waals surface area contributed by atoms with Crippen LogP contribution in [0.5, 0.6) is 5.75 Å².